The number of dihydropyridines is 1. The molecule has 5 rings (SSSR count). The highest BCUT2D eigenvalue weighted by atomic mass is 19.1. The number of piperidine rings is 1. The average Bonchev–Trinajstić information content (AvgIpc) is 3.40. The average molecular weight is 517 g/mol. The first kappa shape index (κ1) is 25.5. The largest absolute Gasteiger partial charge is 0.361 e. The summed E-state index contributed by atoms with van der Waals surface area (Å²) in [6.45, 7) is 2.00. The molecule has 4 heterocycles. The Kier molecular flexibility index (Phi) is 7.43. The van der Waals surface area contributed by atoms with E-state index in [1.165, 1.54) is 6.21 Å². The van der Waals surface area contributed by atoms with Gasteiger partial charge in [-0.15, -0.1) is 0 Å². The summed E-state index contributed by atoms with van der Waals surface area (Å²) in [5.74, 6) is -1.49. The van der Waals surface area contributed by atoms with E-state index in [1.54, 1.807) is 17.1 Å². The van der Waals surface area contributed by atoms with Crippen molar-refractivity contribution in [2.24, 2.45) is 0 Å². The van der Waals surface area contributed by atoms with Crippen molar-refractivity contribution in [2.75, 3.05) is 32.6 Å². The maximum Gasteiger partial charge on any atom is 0.152 e. The van der Waals surface area contributed by atoms with Crippen molar-refractivity contribution in [2.45, 2.75) is 18.9 Å². The molecule has 1 saturated heterocycles. The van der Waals surface area contributed by atoms with Crippen LogP contribution in [0.15, 0.2) is 66.9 Å². The Morgan fingerprint density at radius 3 is 2.61 bits per heavy atom. The van der Waals surface area contributed by atoms with Gasteiger partial charge in [0.25, 0.3) is 0 Å². The van der Waals surface area contributed by atoms with Gasteiger partial charge in [-0.25, -0.2) is 13.8 Å². The van der Waals surface area contributed by atoms with Crippen LogP contribution >= 0.6 is 0 Å². The maximum atomic E-state index is 14.6. The normalized spacial score (nSPS) is 17.2. The third kappa shape index (κ3) is 5.56. The van der Waals surface area contributed by atoms with Crippen LogP contribution < -0.4 is 16.1 Å². The smallest absolute Gasteiger partial charge is 0.152 e. The monoisotopic (exact) mass is 516 g/mol. The summed E-state index contributed by atoms with van der Waals surface area (Å²) in [4.78, 5) is 3.97. The van der Waals surface area contributed by atoms with Crippen molar-refractivity contribution in [3.63, 3.8) is 0 Å². The van der Waals surface area contributed by atoms with Crippen molar-refractivity contribution in [3.05, 3.63) is 89.7 Å². The van der Waals surface area contributed by atoms with Gasteiger partial charge < -0.3 is 21.5 Å². The van der Waals surface area contributed by atoms with Crippen LogP contribution in [0.25, 0.3) is 22.4 Å². The highest BCUT2D eigenvalue weighted by Crippen LogP contribution is 2.31. The van der Waals surface area contributed by atoms with Crippen LogP contribution in [0, 0.1) is 17.0 Å². The number of allylic oxidation sites excluding steroid dienone is 4. The Labute approximate surface area is 220 Å². The number of hydrogen-bond acceptors (Lipinski definition) is 7. The minimum Gasteiger partial charge on any atom is -0.361 e. The fraction of sp³-hybridized carbons (Fsp3) is 0.250. The van der Waals surface area contributed by atoms with Gasteiger partial charge in [-0.05, 0) is 55.8 Å². The van der Waals surface area contributed by atoms with Gasteiger partial charge in [0.15, 0.2) is 5.82 Å². The van der Waals surface area contributed by atoms with Crippen LogP contribution in [0.3, 0.4) is 0 Å². The molecule has 0 radical (unpaired) electrons. The van der Waals surface area contributed by atoms with Gasteiger partial charge >= 0.3 is 0 Å². The molecule has 3 aromatic rings. The SMILES string of the molecule is CN(C)Nc1cc(/C(C=N)=C2\C=CC(c3cnn(C4CCNCC4)c3)=CN2)cc(-c2ncc(F)cc2F)c1. The molecule has 1 aromatic carbocycles. The second-order valence-corrected chi connectivity index (χ2v) is 9.53. The van der Waals surface area contributed by atoms with E-state index in [9.17, 15) is 8.78 Å². The van der Waals surface area contributed by atoms with Gasteiger partial charge in [-0.1, -0.05) is 6.08 Å². The summed E-state index contributed by atoms with van der Waals surface area (Å²) in [6, 6.07) is 6.57. The van der Waals surface area contributed by atoms with Crippen LogP contribution in [0.4, 0.5) is 14.5 Å². The Morgan fingerprint density at radius 2 is 1.92 bits per heavy atom. The molecule has 2 aromatic heterocycles. The first-order chi connectivity index (χ1) is 18.4. The molecule has 2 aliphatic rings. The van der Waals surface area contributed by atoms with Crippen LogP contribution in [0.5, 0.6) is 0 Å². The van der Waals surface area contributed by atoms with Crippen molar-refractivity contribution in [1.82, 2.24) is 30.4 Å². The minimum atomic E-state index is -0.754. The summed E-state index contributed by atoms with van der Waals surface area (Å²) in [6.07, 6.45) is 14.1. The zero-order valence-electron chi connectivity index (χ0n) is 21.3. The Morgan fingerprint density at radius 1 is 1.11 bits per heavy atom. The summed E-state index contributed by atoms with van der Waals surface area (Å²) in [5, 5.41) is 21.2. The van der Waals surface area contributed by atoms with E-state index in [0.29, 0.717) is 28.4 Å². The highest BCUT2D eigenvalue weighted by Gasteiger charge is 2.18. The van der Waals surface area contributed by atoms with Crippen LogP contribution in [-0.4, -0.2) is 53.2 Å². The number of rotatable bonds is 7. The zero-order valence-corrected chi connectivity index (χ0v) is 21.3. The van der Waals surface area contributed by atoms with E-state index in [-0.39, 0.29) is 5.69 Å². The molecule has 196 valence electrons. The molecule has 0 amide bonds. The zero-order chi connectivity index (χ0) is 26.6. The van der Waals surface area contributed by atoms with Gasteiger partial charge in [-0.2, -0.15) is 5.10 Å². The number of benzene rings is 1. The van der Waals surface area contributed by atoms with Gasteiger partial charge in [0.2, 0.25) is 0 Å². The van der Waals surface area contributed by atoms with Crippen LogP contribution in [-0.2, 0) is 0 Å². The number of nitrogens with one attached hydrogen (secondary N) is 4. The first-order valence-electron chi connectivity index (χ1n) is 12.5. The molecular weight excluding hydrogens is 486 g/mol. The fourth-order valence-corrected chi connectivity index (χ4v) is 4.72. The van der Waals surface area contributed by atoms with Crippen molar-refractivity contribution >= 4 is 23.0 Å². The second kappa shape index (κ2) is 11.1. The van der Waals surface area contributed by atoms with Gasteiger partial charge in [-0.3, -0.25) is 9.67 Å². The van der Waals surface area contributed by atoms with Crippen LogP contribution in [0.2, 0.25) is 0 Å². The van der Waals surface area contributed by atoms with Crippen molar-refractivity contribution in [1.29, 1.82) is 5.41 Å². The number of hydrogen-bond donors (Lipinski definition) is 4. The standard InChI is InChI=1S/C28H30F2N8/c1-37(2)36-23-10-19(9-20(11-23)28-26(30)12-22(29)16-34-28)25(13-31)27-4-3-18(14-33-27)21-15-35-38(17-21)24-5-7-32-8-6-24/h3-4,9-17,24,31-33,36H,5-8H2,1-2H3/b27-25+,31-13?. The molecule has 8 nitrogen and oxygen atoms in total. The van der Waals surface area contributed by atoms with E-state index >= 15 is 0 Å². The second-order valence-electron chi connectivity index (χ2n) is 9.53. The third-order valence-corrected chi connectivity index (χ3v) is 6.54. The molecule has 0 saturated carbocycles. The number of halogens is 2. The maximum absolute atomic E-state index is 14.6. The fourth-order valence-electron chi connectivity index (χ4n) is 4.72. The molecular formula is C28H30F2N8. The Balaban J connectivity index is 1.45. The minimum absolute atomic E-state index is 0.0319. The topological polar surface area (TPSA) is 93.9 Å². The predicted octanol–water partition coefficient (Wildman–Crippen LogP) is 4.60. The van der Waals surface area contributed by atoms with Gasteiger partial charge in [0.1, 0.15) is 11.5 Å². The van der Waals surface area contributed by atoms with Gasteiger partial charge in [0.05, 0.1) is 24.1 Å². The lowest BCUT2D eigenvalue weighted by molar-refractivity contribution is 0.343. The van der Waals surface area contributed by atoms with E-state index in [2.05, 4.69) is 32.3 Å². The lowest BCUT2D eigenvalue weighted by atomic mass is 9.97. The molecule has 10 heteroatoms. The number of hydrazine groups is 1. The summed E-state index contributed by atoms with van der Waals surface area (Å²) in [7, 11) is 3.67. The number of aromatic nitrogens is 3. The van der Waals surface area contributed by atoms with Crippen molar-refractivity contribution in [3.8, 4) is 11.3 Å². The van der Waals surface area contributed by atoms with Crippen LogP contribution in [0.1, 0.15) is 30.0 Å². The Hall–Kier alpha value is -4.15. The number of nitrogens with zero attached hydrogens (tertiary/aromatic N) is 4. The summed E-state index contributed by atoms with van der Waals surface area (Å²) in [5.41, 5.74) is 8.34. The summed E-state index contributed by atoms with van der Waals surface area (Å²) < 4.78 is 30.1. The molecule has 0 aliphatic carbocycles. The lowest BCUT2D eigenvalue weighted by Crippen LogP contribution is -2.29. The predicted molar refractivity (Wildman–Crippen MR) is 146 cm³/mol. The van der Waals surface area contributed by atoms with Crippen molar-refractivity contribution < 1.29 is 8.78 Å². The van der Waals surface area contributed by atoms with Gasteiger partial charge in [0, 0.05) is 66.7 Å². The van der Waals surface area contributed by atoms with E-state index in [0.717, 1.165) is 55.0 Å². The number of pyridine rings is 1. The molecule has 0 spiro atoms. The van der Waals surface area contributed by atoms with E-state index < -0.39 is 11.6 Å². The molecule has 38 heavy (non-hydrogen) atoms. The first-order valence-corrected chi connectivity index (χ1v) is 12.5. The van der Waals surface area contributed by atoms with E-state index in [1.807, 2.05) is 49.4 Å². The summed E-state index contributed by atoms with van der Waals surface area (Å²) >= 11 is 0. The molecule has 2 aliphatic heterocycles. The molecule has 0 atom stereocenters. The molecule has 0 bridgehead atoms. The van der Waals surface area contributed by atoms with E-state index in [4.69, 9.17) is 5.41 Å². The highest BCUT2D eigenvalue weighted by molar-refractivity contribution is 6.11. The third-order valence-electron chi connectivity index (χ3n) is 6.54. The lowest BCUT2D eigenvalue weighted by Gasteiger charge is -2.22. The molecule has 4 N–H and O–H groups in total. The number of anilines is 1. The molecule has 0 unspecified atom stereocenters. The Bertz CT molecular complexity index is 1430. The quantitative estimate of drug-likeness (QED) is 0.271. The molecule has 1 fully saturated rings.